The van der Waals surface area contributed by atoms with Crippen LogP contribution in [0.5, 0.6) is 0 Å². The first-order valence-corrected chi connectivity index (χ1v) is 13.1. The van der Waals surface area contributed by atoms with Crippen molar-refractivity contribution >= 4 is 23.2 Å². The number of piperazine rings is 1. The maximum atomic E-state index is 13.1. The summed E-state index contributed by atoms with van der Waals surface area (Å²) < 4.78 is 1.77. The molecule has 0 unspecified atom stereocenters. The summed E-state index contributed by atoms with van der Waals surface area (Å²) in [6.45, 7) is 4.61. The van der Waals surface area contributed by atoms with Crippen molar-refractivity contribution in [2.24, 2.45) is 7.05 Å². The molecule has 194 valence electrons. The molecule has 0 spiro atoms. The molecule has 3 heterocycles. The lowest BCUT2D eigenvalue weighted by Crippen LogP contribution is -2.44. The molecule has 2 N–H and O–H groups in total. The van der Waals surface area contributed by atoms with E-state index < -0.39 is 0 Å². The molecule has 0 atom stereocenters. The number of rotatable bonds is 6. The topological polar surface area (TPSA) is 91.2 Å². The fourth-order valence-electron chi connectivity index (χ4n) is 5.23. The molecule has 1 aliphatic heterocycles. The third-order valence-electron chi connectivity index (χ3n) is 7.36. The molecule has 2 aliphatic rings. The predicted octanol–water partition coefficient (Wildman–Crippen LogP) is 3.40. The van der Waals surface area contributed by atoms with Gasteiger partial charge < -0.3 is 20.4 Å². The van der Waals surface area contributed by atoms with Crippen LogP contribution >= 0.6 is 0 Å². The summed E-state index contributed by atoms with van der Waals surface area (Å²) in [5.74, 6) is 0.366. The molecule has 1 amide bonds. The van der Waals surface area contributed by atoms with Crippen molar-refractivity contribution in [3.8, 4) is 11.4 Å². The number of fused-ring (bicyclic) bond motifs is 3. The van der Waals surface area contributed by atoms with Gasteiger partial charge in [-0.1, -0.05) is 36.4 Å². The van der Waals surface area contributed by atoms with E-state index in [1.807, 2.05) is 49.6 Å². The predicted molar refractivity (Wildman–Crippen MR) is 149 cm³/mol. The number of aryl methyl sites for hydroxylation is 2. The number of nitrogens with zero attached hydrogens (tertiary/aromatic N) is 6. The number of likely N-dealkylation sites (N-methyl/N-ethyl adjacent to an activating group) is 1. The van der Waals surface area contributed by atoms with E-state index in [4.69, 9.17) is 4.98 Å². The Morgan fingerprint density at radius 2 is 1.79 bits per heavy atom. The first kappa shape index (κ1) is 24.1. The number of anilines is 3. The van der Waals surface area contributed by atoms with Crippen LogP contribution in [0.2, 0.25) is 0 Å². The summed E-state index contributed by atoms with van der Waals surface area (Å²) in [6.07, 6.45) is 3.39. The summed E-state index contributed by atoms with van der Waals surface area (Å²) in [6, 6.07) is 18.3. The van der Waals surface area contributed by atoms with E-state index in [9.17, 15) is 4.79 Å². The van der Waals surface area contributed by atoms with Gasteiger partial charge in [0.15, 0.2) is 5.69 Å². The highest BCUT2D eigenvalue weighted by atomic mass is 16.1. The minimum Gasteiger partial charge on any atom is -0.369 e. The molecular formula is C29H32N8O. The SMILES string of the molecule is CN1CCN(c2cccc(Nc3ncc4c(n3)-c3c(c(C(=O)NCc5ccccc5)nn3C)CC4)c2)CC1. The number of benzene rings is 2. The van der Waals surface area contributed by atoms with Crippen molar-refractivity contribution < 1.29 is 4.79 Å². The molecule has 9 nitrogen and oxygen atoms in total. The van der Waals surface area contributed by atoms with Crippen LogP contribution in [0.25, 0.3) is 11.4 Å². The largest absolute Gasteiger partial charge is 0.369 e. The molecular weight excluding hydrogens is 476 g/mol. The lowest BCUT2D eigenvalue weighted by atomic mass is 9.93. The second-order valence-corrected chi connectivity index (χ2v) is 10.0. The van der Waals surface area contributed by atoms with Crippen LogP contribution in [-0.2, 0) is 26.4 Å². The van der Waals surface area contributed by atoms with Gasteiger partial charge in [0.05, 0.1) is 11.4 Å². The van der Waals surface area contributed by atoms with Gasteiger partial charge in [-0.15, -0.1) is 0 Å². The van der Waals surface area contributed by atoms with Crippen LogP contribution in [0.3, 0.4) is 0 Å². The van der Waals surface area contributed by atoms with E-state index in [1.165, 1.54) is 5.69 Å². The lowest BCUT2D eigenvalue weighted by Gasteiger charge is -2.34. The zero-order chi connectivity index (χ0) is 26.1. The van der Waals surface area contributed by atoms with Gasteiger partial charge in [0.2, 0.25) is 5.95 Å². The number of carbonyl (C=O) groups is 1. The van der Waals surface area contributed by atoms with Crippen LogP contribution in [0.15, 0.2) is 60.8 Å². The highest BCUT2D eigenvalue weighted by Gasteiger charge is 2.29. The second-order valence-electron chi connectivity index (χ2n) is 10.0. The van der Waals surface area contributed by atoms with Crippen LogP contribution in [0, 0.1) is 0 Å². The molecule has 2 aromatic heterocycles. The summed E-state index contributed by atoms with van der Waals surface area (Å²) in [5.41, 5.74) is 7.38. The summed E-state index contributed by atoms with van der Waals surface area (Å²) in [5, 5.41) is 11.0. The average Bonchev–Trinajstić information content (AvgIpc) is 3.29. The van der Waals surface area contributed by atoms with E-state index >= 15 is 0 Å². The number of amides is 1. The van der Waals surface area contributed by atoms with Crippen molar-refractivity contribution in [1.29, 1.82) is 0 Å². The standard InChI is InChI=1S/C29H32N8O/c1-35-13-15-37(16-14-35)23-10-6-9-22(17-23)32-29-31-19-21-11-12-24-26(34-36(2)27(24)25(21)33-29)28(38)30-18-20-7-4-3-5-8-20/h3-10,17,19H,11-16,18H2,1-2H3,(H,30,38)(H,31,32,33). The Hall–Kier alpha value is -4.24. The van der Waals surface area contributed by atoms with Crippen LogP contribution < -0.4 is 15.5 Å². The Bertz CT molecular complexity index is 1460. The molecule has 4 aromatic rings. The minimum atomic E-state index is -0.165. The lowest BCUT2D eigenvalue weighted by molar-refractivity contribution is 0.0944. The van der Waals surface area contributed by atoms with E-state index in [2.05, 4.69) is 55.8 Å². The van der Waals surface area contributed by atoms with Gasteiger partial charge in [0.1, 0.15) is 0 Å². The fourth-order valence-corrected chi connectivity index (χ4v) is 5.23. The number of hydrogen-bond acceptors (Lipinski definition) is 7. The molecule has 0 radical (unpaired) electrons. The summed E-state index contributed by atoms with van der Waals surface area (Å²) in [4.78, 5) is 27.3. The fraction of sp³-hybridized carbons (Fsp3) is 0.310. The molecule has 38 heavy (non-hydrogen) atoms. The Balaban J connectivity index is 1.23. The van der Waals surface area contributed by atoms with E-state index in [0.717, 1.165) is 72.8 Å². The molecule has 1 saturated heterocycles. The van der Waals surface area contributed by atoms with Crippen molar-refractivity contribution in [1.82, 2.24) is 30.0 Å². The normalized spacial score (nSPS) is 15.1. The summed E-state index contributed by atoms with van der Waals surface area (Å²) >= 11 is 0. The highest BCUT2D eigenvalue weighted by molar-refractivity contribution is 5.96. The highest BCUT2D eigenvalue weighted by Crippen LogP contribution is 2.34. The molecule has 6 rings (SSSR count). The van der Waals surface area contributed by atoms with Crippen LogP contribution in [0.1, 0.15) is 27.2 Å². The Kier molecular flexibility index (Phi) is 6.51. The Labute approximate surface area is 222 Å². The molecule has 0 saturated carbocycles. The number of hydrogen-bond donors (Lipinski definition) is 2. The third-order valence-corrected chi connectivity index (χ3v) is 7.36. The van der Waals surface area contributed by atoms with Gasteiger partial charge in [-0.05, 0) is 49.2 Å². The molecule has 0 bridgehead atoms. The molecule has 1 fully saturated rings. The summed E-state index contributed by atoms with van der Waals surface area (Å²) in [7, 11) is 4.03. The van der Waals surface area contributed by atoms with Crippen molar-refractivity contribution in [2.45, 2.75) is 19.4 Å². The monoisotopic (exact) mass is 508 g/mol. The van der Waals surface area contributed by atoms with Crippen LogP contribution in [-0.4, -0.2) is 63.8 Å². The van der Waals surface area contributed by atoms with Gasteiger partial charge in [-0.3, -0.25) is 9.48 Å². The van der Waals surface area contributed by atoms with Crippen LogP contribution in [0.4, 0.5) is 17.3 Å². The average molecular weight is 509 g/mol. The Morgan fingerprint density at radius 1 is 0.974 bits per heavy atom. The Morgan fingerprint density at radius 3 is 2.61 bits per heavy atom. The van der Waals surface area contributed by atoms with Gasteiger partial charge in [0, 0.05) is 62.9 Å². The number of aromatic nitrogens is 4. The first-order valence-electron chi connectivity index (χ1n) is 13.1. The van der Waals surface area contributed by atoms with E-state index in [1.54, 1.807) is 4.68 Å². The quantitative estimate of drug-likeness (QED) is 0.413. The van der Waals surface area contributed by atoms with E-state index in [-0.39, 0.29) is 5.91 Å². The smallest absolute Gasteiger partial charge is 0.272 e. The van der Waals surface area contributed by atoms with Gasteiger partial charge in [-0.2, -0.15) is 5.10 Å². The maximum absolute atomic E-state index is 13.1. The van der Waals surface area contributed by atoms with E-state index in [0.29, 0.717) is 18.2 Å². The zero-order valence-corrected chi connectivity index (χ0v) is 21.8. The number of nitrogens with one attached hydrogen (secondary N) is 2. The van der Waals surface area contributed by atoms with Gasteiger partial charge >= 0.3 is 0 Å². The molecule has 2 aromatic carbocycles. The van der Waals surface area contributed by atoms with Crippen molar-refractivity contribution in [2.75, 3.05) is 43.4 Å². The van der Waals surface area contributed by atoms with Gasteiger partial charge in [-0.25, -0.2) is 9.97 Å². The molecule has 1 aliphatic carbocycles. The van der Waals surface area contributed by atoms with Crippen molar-refractivity contribution in [3.05, 3.63) is 83.2 Å². The minimum absolute atomic E-state index is 0.165. The van der Waals surface area contributed by atoms with Crippen molar-refractivity contribution in [3.63, 3.8) is 0 Å². The third kappa shape index (κ3) is 4.84. The maximum Gasteiger partial charge on any atom is 0.272 e. The van der Waals surface area contributed by atoms with Gasteiger partial charge in [0.25, 0.3) is 5.91 Å². The second kappa shape index (κ2) is 10.3. The molecule has 9 heteroatoms. The zero-order valence-electron chi connectivity index (χ0n) is 21.8. The number of carbonyl (C=O) groups excluding carboxylic acids is 1. The first-order chi connectivity index (χ1) is 18.5.